The van der Waals surface area contributed by atoms with E-state index in [0.717, 1.165) is 24.3 Å². The molecule has 1 aromatic rings. The van der Waals surface area contributed by atoms with Gasteiger partial charge in [0, 0.05) is 37.9 Å². The topological polar surface area (TPSA) is 29.5 Å². The Hall–Kier alpha value is -1.35. The third-order valence-electron chi connectivity index (χ3n) is 3.02. The Morgan fingerprint density at radius 2 is 2.00 bits per heavy atom. The molecule has 0 heterocycles. The first-order chi connectivity index (χ1) is 9.10. The molecule has 0 atom stereocenters. The van der Waals surface area contributed by atoms with Crippen LogP contribution in [-0.4, -0.2) is 32.6 Å². The van der Waals surface area contributed by atoms with Crippen molar-refractivity contribution in [2.45, 2.75) is 27.2 Å². The van der Waals surface area contributed by atoms with Gasteiger partial charge in [-0.2, -0.15) is 0 Å². The third-order valence-corrected chi connectivity index (χ3v) is 3.02. The maximum absolute atomic E-state index is 12.0. The molecule has 0 aromatic heterocycles. The van der Waals surface area contributed by atoms with Crippen LogP contribution in [0.15, 0.2) is 24.3 Å². The van der Waals surface area contributed by atoms with E-state index in [1.54, 1.807) is 7.11 Å². The number of ether oxygens (including phenoxy) is 1. The number of carbonyl (C=O) groups is 1. The van der Waals surface area contributed by atoms with Gasteiger partial charge in [0.1, 0.15) is 0 Å². The molecule has 1 aromatic carbocycles. The zero-order valence-corrected chi connectivity index (χ0v) is 12.5. The predicted molar refractivity (Wildman–Crippen MR) is 80.0 cm³/mol. The van der Waals surface area contributed by atoms with Crippen LogP contribution in [0.2, 0.25) is 0 Å². The first kappa shape index (κ1) is 15.7. The molecule has 0 fully saturated rings. The number of hydrogen-bond donors (Lipinski definition) is 0. The summed E-state index contributed by atoms with van der Waals surface area (Å²) in [5, 5.41) is 0. The molecule has 0 saturated heterocycles. The molecule has 3 heteroatoms. The lowest BCUT2D eigenvalue weighted by molar-refractivity contribution is 0.0988. The summed E-state index contributed by atoms with van der Waals surface area (Å²) in [6, 6.07) is 7.86. The average Bonchev–Trinajstić information content (AvgIpc) is 2.42. The monoisotopic (exact) mass is 263 g/mol. The van der Waals surface area contributed by atoms with Crippen LogP contribution >= 0.6 is 0 Å². The number of methoxy groups -OCH3 is 1. The van der Waals surface area contributed by atoms with Crippen LogP contribution in [0.3, 0.4) is 0 Å². The number of nitrogens with zero attached hydrogens (tertiary/aromatic N) is 1. The maximum Gasteiger partial charge on any atom is 0.164 e. The molecule has 0 aliphatic carbocycles. The second-order valence-corrected chi connectivity index (χ2v) is 5.13. The van der Waals surface area contributed by atoms with Crippen LogP contribution in [0.1, 0.15) is 37.6 Å². The van der Waals surface area contributed by atoms with Gasteiger partial charge in [-0.25, -0.2) is 0 Å². The number of benzene rings is 1. The Morgan fingerprint density at radius 3 is 2.58 bits per heavy atom. The van der Waals surface area contributed by atoms with Crippen molar-refractivity contribution in [1.29, 1.82) is 0 Å². The molecule has 106 valence electrons. The van der Waals surface area contributed by atoms with Gasteiger partial charge < -0.3 is 9.64 Å². The normalized spacial score (nSPS) is 10.8. The second kappa shape index (κ2) is 7.95. The van der Waals surface area contributed by atoms with Crippen molar-refractivity contribution in [3.05, 3.63) is 29.8 Å². The Balaban J connectivity index is 3.02. The summed E-state index contributed by atoms with van der Waals surface area (Å²) in [6.45, 7) is 8.68. The summed E-state index contributed by atoms with van der Waals surface area (Å²) in [7, 11) is 1.71. The molecule has 0 bridgehead atoms. The summed E-state index contributed by atoms with van der Waals surface area (Å²) in [5.41, 5.74) is 1.85. The molecular formula is C16H25NO2. The van der Waals surface area contributed by atoms with E-state index in [0.29, 0.717) is 18.9 Å². The van der Waals surface area contributed by atoms with Crippen molar-refractivity contribution in [2.24, 2.45) is 5.92 Å². The Kier molecular flexibility index (Phi) is 6.57. The molecule has 0 radical (unpaired) electrons. The number of ketones is 1. The number of carbonyl (C=O) groups excluding carboxylic acids is 1. The largest absolute Gasteiger partial charge is 0.383 e. The lowest BCUT2D eigenvalue weighted by Gasteiger charge is -2.28. The minimum atomic E-state index is 0.196. The van der Waals surface area contributed by atoms with Gasteiger partial charge >= 0.3 is 0 Å². The van der Waals surface area contributed by atoms with E-state index in [-0.39, 0.29) is 5.78 Å². The molecule has 0 amide bonds. The molecule has 0 aliphatic heterocycles. The highest BCUT2D eigenvalue weighted by Crippen LogP contribution is 2.22. The molecule has 0 unspecified atom stereocenters. The van der Waals surface area contributed by atoms with Crippen molar-refractivity contribution in [3.8, 4) is 0 Å². The van der Waals surface area contributed by atoms with Gasteiger partial charge in [-0.15, -0.1) is 0 Å². The van der Waals surface area contributed by atoms with Crippen molar-refractivity contribution in [1.82, 2.24) is 0 Å². The van der Waals surface area contributed by atoms with E-state index in [9.17, 15) is 4.79 Å². The summed E-state index contributed by atoms with van der Waals surface area (Å²) in [5.74, 6) is 0.739. The first-order valence-electron chi connectivity index (χ1n) is 6.96. The van der Waals surface area contributed by atoms with Crippen LogP contribution in [-0.2, 0) is 4.74 Å². The van der Waals surface area contributed by atoms with E-state index < -0.39 is 0 Å². The van der Waals surface area contributed by atoms with Crippen molar-refractivity contribution in [2.75, 3.05) is 31.7 Å². The molecule has 3 nitrogen and oxygen atoms in total. The average molecular weight is 263 g/mol. The summed E-state index contributed by atoms with van der Waals surface area (Å²) in [4.78, 5) is 14.3. The zero-order chi connectivity index (χ0) is 14.3. The minimum Gasteiger partial charge on any atom is -0.383 e. The molecular weight excluding hydrogens is 238 g/mol. The highest BCUT2D eigenvalue weighted by molar-refractivity contribution is 6.01. The fourth-order valence-corrected chi connectivity index (χ4v) is 2.13. The lowest BCUT2D eigenvalue weighted by Crippen LogP contribution is -2.32. The van der Waals surface area contributed by atoms with Gasteiger partial charge in [-0.3, -0.25) is 4.79 Å². The van der Waals surface area contributed by atoms with Gasteiger partial charge in [-0.05, 0) is 18.1 Å². The highest BCUT2D eigenvalue weighted by atomic mass is 16.5. The molecule has 1 rings (SSSR count). The summed E-state index contributed by atoms with van der Waals surface area (Å²) < 4.78 is 5.18. The fraction of sp³-hybridized carbons (Fsp3) is 0.562. The van der Waals surface area contributed by atoms with E-state index in [1.807, 2.05) is 31.2 Å². The van der Waals surface area contributed by atoms with Crippen LogP contribution in [0.4, 0.5) is 5.69 Å². The number of rotatable bonds is 8. The molecule has 0 N–H and O–H groups in total. The second-order valence-electron chi connectivity index (χ2n) is 5.13. The number of para-hydroxylation sites is 1. The quantitative estimate of drug-likeness (QED) is 0.673. The number of hydrogen-bond acceptors (Lipinski definition) is 3. The van der Waals surface area contributed by atoms with Gasteiger partial charge in [-0.1, -0.05) is 32.9 Å². The van der Waals surface area contributed by atoms with Gasteiger partial charge in [0.15, 0.2) is 5.78 Å². The summed E-state index contributed by atoms with van der Waals surface area (Å²) in [6.07, 6.45) is 0.539. The highest BCUT2D eigenvalue weighted by Gasteiger charge is 2.15. The SMILES string of the molecule is CCC(=O)c1ccccc1N(CCOC)CC(C)C. The van der Waals surface area contributed by atoms with Crippen LogP contribution in [0, 0.1) is 5.92 Å². The fourth-order valence-electron chi connectivity index (χ4n) is 2.13. The Morgan fingerprint density at radius 1 is 1.32 bits per heavy atom. The Bertz CT molecular complexity index is 401. The van der Waals surface area contributed by atoms with E-state index in [4.69, 9.17) is 4.74 Å². The van der Waals surface area contributed by atoms with Gasteiger partial charge in [0.25, 0.3) is 0 Å². The van der Waals surface area contributed by atoms with E-state index in [1.165, 1.54) is 0 Å². The number of anilines is 1. The lowest BCUT2D eigenvalue weighted by atomic mass is 10.0. The third kappa shape index (κ3) is 4.67. The van der Waals surface area contributed by atoms with Crippen LogP contribution < -0.4 is 4.90 Å². The van der Waals surface area contributed by atoms with Gasteiger partial charge in [0.05, 0.1) is 6.61 Å². The molecule has 0 spiro atoms. The zero-order valence-electron chi connectivity index (χ0n) is 12.5. The van der Waals surface area contributed by atoms with Gasteiger partial charge in [0.2, 0.25) is 0 Å². The summed E-state index contributed by atoms with van der Waals surface area (Å²) >= 11 is 0. The number of Topliss-reactive ketones (excluding diaryl/α,β-unsaturated/α-hetero) is 1. The Labute approximate surface area is 116 Å². The molecule has 19 heavy (non-hydrogen) atoms. The van der Waals surface area contributed by atoms with Crippen molar-refractivity contribution < 1.29 is 9.53 Å². The standard InChI is InChI=1S/C16H25NO2/c1-5-16(18)14-8-6-7-9-15(14)17(10-11-19-4)12-13(2)3/h6-9,13H,5,10-12H2,1-4H3. The van der Waals surface area contributed by atoms with Crippen LogP contribution in [0.25, 0.3) is 0 Å². The minimum absolute atomic E-state index is 0.196. The smallest absolute Gasteiger partial charge is 0.164 e. The first-order valence-corrected chi connectivity index (χ1v) is 6.96. The molecule has 0 saturated carbocycles. The maximum atomic E-state index is 12.0. The molecule has 0 aliphatic rings. The van der Waals surface area contributed by atoms with Crippen LogP contribution in [0.5, 0.6) is 0 Å². The predicted octanol–water partition coefficient (Wildman–Crippen LogP) is 3.39. The van der Waals surface area contributed by atoms with E-state index in [2.05, 4.69) is 18.7 Å². The van der Waals surface area contributed by atoms with Crippen molar-refractivity contribution >= 4 is 11.5 Å². The van der Waals surface area contributed by atoms with Crippen molar-refractivity contribution in [3.63, 3.8) is 0 Å². The van der Waals surface area contributed by atoms with E-state index >= 15 is 0 Å².